The zero-order valence-corrected chi connectivity index (χ0v) is 26.3. The van der Waals surface area contributed by atoms with E-state index in [-0.39, 0.29) is 32.4 Å². The van der Waals surface area contributed by atoms with Crippen LogP contribution in [0.15, 0.2) is 60.9 Å². The molecule has 44 heavy (non-hydrogen) atoms. The van der Waals surface area contributed by atoms with Crippen molar-refractivity contribution in [2.45, 2.75) is 65.8 Å². The van der Waals surface area contributed by atoms with E-state index in [0.717, 1.165) is 62.7 Å². The van der Waals surface area contributed by atoms with Crippen LogP contribution in [0.2, 0.25) is 0 Å². The molecule has 0 saturated heterocycles. The molecule has 1 aromatic carbocycles. The minimum absolute atomic E-state index is 0. The number of rotatable bonds is 9. The normalized spacial score (nSPS) is 14.4. The molecule has 0 spiro atoms. The van der Waals surface area contributed by atoms with Crippen molar-refractivity contribution in [3.63, 3.8) is 0 Å². The van der Waals surface area contributed by atoms with E-state index in [4.69, 9.17) is 0 Å². The van der Waals surface area contributed by atoms with Crippen molar-refractivity contribution in [3.05, 3.63) is 89.4 Å². The zero-order valence-electron chi connectivity index (χ0n) is 25.5. The Morgan fingerprint density at radius 3 is 2.61 bits per heavy atom. The number of Topliss-reactive ketones (excluding diaryl/α,β-unsaturated/α-hetero) is 1. The summed E-state index contributed by atoms with van der Waals surface area (Å²) < 4.78 is 16.1. The third-order valence-corrected chi connectivity index (χ3v) is 8.70. The number of nitrogens with zero attached hydrogens (tertiary/aromatic N) is 2. The second-order valence-corrected chi connectivity index (χ2v) is 11.9. The molecule has 2 aliphatic rings. The molecule has 0 aliphatic heterocycles. The van der Waals surface area contributed by atoms with Gasteiger partial charge in [0.15, 0.2) is 0 Å². The number of halogens is 1. The van der Waals surface area contributed by atoms with Gasteiger partial charge in [-0.1, -0.05) is 44.9 Å². The molecule has 4 aromatic rings. The number of thiophene rings is 1. The number of fused-ring (bicyclic) bond motifs is 1. The molecule has 2 N–H and O–H groups in total. The lowest BCUT2D eigenvalue weighted by atomic mass is 10.0. The highest BCUT2D eigenvalue weighted by Gasteiger charge is 2.33. The van der Waals surface area contributed by atoms with Gasteiger partial charge in [-0.3, -0.25) is 14.8 Å². The molecule has 2 amide bonds. The van der Waals surface area contributed by atoms with Crippen molar-refractivity contribution < 1.29 is 16.8 Å². The quantitative estimate of drug-likeness (QED) is 0.185. The first-order valence-electron chi connectivity index (χ1n) is 15.1. The SMILES string of the molecule is CC.CC(=O)[C@@H](C)CCC#CCc1ccc(-c2cc3nccc(C4=C[C]4c4ccc(NC(=O)NC5CC5)cc4F)c3s2)nc1.[HH].[HH]. The molecule has 2 aliphatic carbocycles. The van der Waals surface area contributed by atoms with Crippen LogP contribution in [0.3, 0.4) is 0 Å². The largest absolute Gasteiger partial charge is 0.335 e. The fourth-order valence-electron chi connectivity index (χ4n) is 4.64. The van der Waals surface area contributed by atoms with Crippen molar-refractivity contribution >= 4 is 44.6 Å². The summed E-state index contributed by atoms with van der Waals surface area (Å²) >= 11 is 1.62. The molecule has 1 saturated carbocycles. The van der Waals surface area contributed by atoms with Crippen LogP contribution in [0.5, 0.6) is 0 Å². The molecule has 6 rings (SSSR count). The van der Waals surface area contributed by atoms with E-state index in [2.05, 4.69) is 32.4 Å². The number of aromatic nitrogens is 2. The molecule has 8 heteroatoms. The molecule has 1 fully saturated rings. The van der Waals surface area contributed by atoms with Gasteiger partial charge in [0, 0.05) is 51.3 Å². The number of allylic oxidation sites excluding steroid dienone is 2. The first kappa shape index (κ1) is 31.1. The molecule has 0 unspecified atom stereocenters. The Labute approximate surface area is 265 Å². The van der Waals surface area contributed by atoms with Gasteiger partial charge < -0.3 is 10.6 Å². The van der Waals surface area contributed by atoms with Crippen molar-refractivity contribution in [1.29, 1.82) is 0 Å². The number of carbonyl (C=O) groups excluding carboxylic acids is 2. The van der Waals surface area contributed by atoms with Crippen LogP contribution in [0.25, 0.3) is 26.4 Å². The number of benzene rings is 1. The Hall–Kier alpha value is -4.35. The van der Waals surface area contributed by atoms with Crippen molar-refractivity contribution in [2.75, 3.05) is 5.32 Å². The molecule has 3 aromatic heterocycles. The van der Waals surface area contributed by atoms with Gasteiger partial charge in [0.2, 0.25) is 0 Å². The van der Waals surface area contributed by atoms with Crippen molar-refractivity contribution in [1.82, 2.24) is 15.3 Å². The van der Waals surface area contributed by atoms with Gasteiger partial charge in [0.25, 0.3) is 0 Å². The number of carbonyl (C=O) groups is 2. The van der Waals surface area contributed by atoms with E-state index in [1.165, 1.54) is 6.07 Å². The first-order valence-corrected chi connectivity index (χ1v) is 15.9. The summed E-state index contributed by atoms with van der Waals surface area (Å²) in [5.41, 5.74) is 5.72. The molecule has 6 nitrogen and oxygen atoms in total. The Morgan fingerprint density at radius 1 is 1.09 bits per heavy atom. The molecule has 1 atom stereocenters. The maximum absolute atomic E-state index is 15.0. The van der Waals surface area contributed by atoms with Gasteiger partial charge in [0.05, 0.1) is 26.7 Å². The summed E-state index contributed by atoms with van der Waals surface area (Å²) in [5.74, 6) is 7.07. The lowest BCUT2D eigenvalue weighted by molar-refractivity contribution is -0.120. The van der Waals surface area contributed by atoms with Crippen LogP contribution in [0.4, 0.5) is 14.9 Å². The Bertz CT molecular complexity index is 1770. The number of nitrogens with one attached hydrogen (secondary N) is 2. The predicted octanol–water partition coefficient (Wildman–Crippen LogP) is 8.87. The smallest absolute Gasteiger partial charge is 0.319 e. The molecule has 229 valence electrons. The van der Waals surface area contributed by atoms with Crippen molar-refractivity contribution in [2.24, 2.45) is 5.92 Å². The molecule has 1 radical (unpaired) electrons. The van der Waals surface area contributed by atoms with Crippen LogP contribution in [-0.2, 0) is 11.2 Å². The van der Waals surface area contributed by atoms with E-state index in [1.807, 2.05) is 57.3 Å². The average molecular weight is 612 g/mol. The highest BCUT2D eigenvalue weighted by Crippen LogP contribution is 2.49. The fraction of sp³-hybridized carbons (Fsp3) is 0.306. The maximum atomic E-state index is 15.0. The highest BCUT2D eigenvalue weighted by atomic mass is 32.1. The summed E-state index contributed by atoms with van der Waals surface area (Å²) in [5, 5.41) is 5.55. The molecule has 0 bridgehead atoms. The second kappa shape index (κ2) is 14.0. The topological polar surface area (TPSA) is 84.0 Å². The molecule has 3 heterocycles. The molecular weight excluding hydrogens is 571 g/mol. The van der Waals surface area contributed by atoms with Gasteiger partial charge >= 0.3 is 6.03 Å². The summed E-state index contributed by atoms with van der Waals surface area (Å²) in [4.78, 5) is 33.6. The summed E-state index contributed by atoms with van der Waals surface area (Å²) in [6, 6.07) is 12.8. The van der Waals surface area contributed by atoms with Gasteiger partial charge in [0.1, 0.15) is 11.6 Å². The maximum Gasteiger partial charge on any atom is 0.319 e. The van der Waals surface area contributed by atoms with Gasteiger partial charge in [-0.2, -0.15) is 0 Å². The number of ketones is 1. The van der Waals surface area contributed by atoms with E-state index in [0.29, 0.717) is 24.1 Å². The number of anilines is 1. The third kappa shape index (κ3) is 7.59. The number of urea groups is 1. The fourth-order valence-corrected chi connectivity index (χ4v) is 5.76. The minimum atomic E-state index is -0.378. The second-order valence-electron chi connectivity index (χ2n) is 10.9. The first-order chi connectivity index (χ1) is 21.4. The third-order valence-electron chi connectivity index (χ3n) is 7.52. The lowest BCUT2D eigenvalue weighted by Gasteiger charge is -2.09. The highest BCUT2D eigenvalue weighted by molar-refractivity contribution is 7.22. The Kier molecular flexibility index (Phi) is 9.86. The number of hydrogen-bond donors (Lipinski definition) is 2. The Morgan fingerprint density at radius 2 is 1.91 bits per heavy atom. The van der Waals surface area contributed by atoms with Crippen LogP contribution in [-0.4, -0.2) is 27.8 Å². The van der Waals surface area contributed by atoms with Crippen LogP contribution in [0.1, 0.15) is 72.9 Å². The zero-order chi connectivity index (χ0) is 31.2. The summed E-state index contributed by atoms with van der Waals surface area (Å²) in [6.45, 7) is 7.56. The lowest BCUT2D eigenvalue weighted by Crippen LogP contribution is -2.30. The van der Waals surface area contributed by atoms with Crippen molar-refractivity contribution in [3.8, 4) is 22.4 Å². The number of amides is 2. The van der Waals surface area contributed by atoms with Crippen LogP contribution in [0, 0.1) is 29.5 Å². The number of pyridine rings is 2. The monoisotopic (exact) mass is 611 g/mol. The van der Waals surface area contributed by atoms with Gasteiger partial charge in [-0.15, -0.1) is 17.3 Å². The summed E-state index contributed by atoms with van der Waals surface area (Å²) in [7, 11) is 0. The standard InChI is InChI=1S/C34H30FN4O2S.C2H6.2H2/c1-20(21(2)40)6-4-3-5-7-22-8-13-30(37-19-22)32-18-31-33(42-32)26(14-15-36-31)28-17-27(28)25-12-11-24(16-29(25)35)39-34(41)38-23-9-10-23;1-2;;/h8,11-20,23H,4,6-7,9-10H2,1-2H3,(H2,38,39,41);1-2H3;2*1H/t20-;;;/m0.../s1. The van der Waals surface area contributed by atoms with Gasteiger partial charge in [-0.25, -0.2) is 9.18 Å². The number of hydrogen-bond acceptors (Lipinski definition) is 5. The van der Waals surface area contributed by atoms with E-state index < -0.39 is 0 Å². The van der Waals surface area contributed by atoms with E-state index in [1.54, 1.807) is 36.6 Å². The average Bonchev–Trinajstić information content (AvgIpc) is 3.95. The van der Waals surface area contributed by atoms with E-state index in [9.17, 15) is 9.59 Å². The predicted molar refractivity (Wildman–Crippen MR) is 181 cm³/mol. The van der Waals surface area contributed by atoms with Crippen LogP contribution >= 0.6 is 11.3 Å². The van der Waals surface area contributed by atoms with Crippen LogP contribution < -0.4 is 10.6 Å². The molecular formula is C36H40FN4O2S. The minimum Gasteiger partial charge on any atom is -0.335 e. The summed E-state index contributed by atoms with van der Waals surface area (Å²) in [6.07, 6.45) is 9.72. The van der Waals surface area contributed by atoms with Gasteiger partial charge in [-0.05, 0) is 73.2 Å². The Balaban J connectivity index is 0.00000141. The van der Waals surface area contributed by atoms with E-state index >= 15 is 4.39 Å².